The molecule has 0 bridgehead atoms. The number of hydrogen-bond donors (Lipinski definition) is 1. The van der Waals surface area contributed by atoms with Crippen LogP contribution in [0.5, 0.6) is 5.75 Å². The summed E-state index contributed by atoms with van der Waals surface area (Å²) in [5.74, 6) is 0.0397. The number of pyridine rings is 1. The minimum absolute atomic E-state index is 0.309. The first kappa shape index (κ1) is 11.3. The van der Waals surface area contributed by atoms with Gasteiger partial charge in [0.15, 0.2) is 11.6 Å². The molecule has 3 rings (SSSR count). The zero-order valence-electron chi connectivity index (χ0n) is 10.2. The second-order valence-electron chi connectivity index (χ2n) is 4.53. The number of H-pyrrole nitrogens is 1. The summed E-state index contributed by atoms with van der Waals surface area (Å²) in [7, 11) is 0. The molecule has 2 heterocycles. The van der Waals surface area contributed by atoms with Crippen molar-refractivity contribution in [1.82, 2.24) is 4.98 Å². The summed E-state index contributed by atoms with van der Waals surface area (Å²) in [6, 6.07) is 3.66. The van der Waals surface area contributed by atoms with Crippen LogP contribution in [0.1, 0.15) is 24.5 Å². The van der Waals surface area contributed by atoms with E-state index in [-0.39, 0.29) is 11.4 Å². The molecule has 0 fully saturated rings. The minimum atomic E-state index is -0.329. The average molecular weight is 247 g/mol. The Bertz CT molecular complexity index is 676. The van der Waals surface area contributed by atoms with Crippen LogP contribution in [-0.2, 0) is 12.8 Å². The summed E-state index contributed by atoms with van der Waals surface area (Å²) in [5.41, 5.74) is 1.43. The van der Waals surface area contributed by atoms with Crippen molar-refractivity contribution in [1.29, 1.82) is 0 Å². The second-order valence-corrected chi connectivity index (χ2v) is 4.53. The summed E-state index contributed by atoms with van der Waals surface area (Å²) < 4.78 is 19.6. The number of aromatic nitrogens is 1. The number of hydrogen-bond acceptors (Lipinski definition) is 2. The Labute approximate surface area is 104 Å². The van der Waals surface area contributed by atoms with Crippen molar-refractivity contribution in [2.24, 2.45) is 0 Å². The summed E-state index contributed by atoms with van der Waals surface area (Å²) >= 11 is 0. The normalized spacial score (nSPS) is 14.3. The maximum absolute atomic E-state index is 14.2. The lowest BCUT2D eigenvalue weighted by atomic mass is 9.99. The van der Waals surface area contributed by atoms with Crippen LogP contribution in [0.15, 0.2) is 16.9 Å². The van der Waals surface area contributed by atoms with Crippen LogP contribution >= 0.6 is 0 Å². The van der Waals surface area contributed by atoms with Gasteiger partial charge < -0.3 is 9.72 Å². The van der Waals surface area contributed by atoms with Gasteiger partial charge in [-0.2, -0.15) is 0 Å². The fourth-order valence-corrected chi connectivity index (χ4v) is 2.52. The molecule has 1 aliphatic heterocycles. The van der Waals surface area contributed by atoms with Gasteiger partial charge in [-0.3, -0.25) is 4.79 Å². The van der Waals surface area contributed by atoms with Crippen LogP contribution in [0, 0.1) is 5.82 Å². The van der Waals surface area contributed by atoms with E-state index in [1.807, 2.05) is 13.0 Å². The van der Waals surface area contributed by atoms with E-state index in [1.165, 1.54) is 0 Å². The third-order valence-electron chi connectivity index (χ3n) is 3.46. The first-order valence-corrected chi connectivity index (χ1v) is 6.21. The predicted octanol–water partition coefficient (Wildman–Crippen LogP) is 2.55. The van der Waals surface area contributed by atoms with Crippen molar-refractivity contribution < 1.29 is 9.13 Å². The van der Waals surface area contributed by atoms with Crippen LogP contribution in [0.4, 0.5) is 4.39 Å². The molecule has 1 aromatic carbocycles. The number of nitrogens with one attached hydrogen (secondary N) is 1. The fraction of sp³-hybridized carbons (Fsp3) is 0.357. The van der Waals surface area contributed by atoms with Gasteiger partial charge in [0, 0.05) is 10.9 Å². The van der Waals surface area contributed by atoms with Gasteiger partial charge in [-0.15, -0.1) is 0 Å². The molecule has 0 spiro atoms. The van der Waals surface area contributed by atoms with Gasteiger partial charge in [0.05, 0.1) is 12.1 Å². The number of rotatable bonds is 1. The zero-order chi connectivity index (χ0) is 12.7. The Kier molecular flexibility index (Phi) is 2.58. The van der Waals surface area contributed by atoms with Crippen molar-refractivity contribution in [2.75, 3.05) is 6.61 Å². The smallest absolute Gasteiger partial charge is 0.291 e. The lowest BCUT2D eigenvalue weighted by Crippen LogP contribution is -2.20. The van der Waals surface area contributed by atoms with E-state index in [0.717, 1.165) is 23.8 Å². The topological polar surface area (TPSA) is 42.1 Å². The zero-order valence-corrected chi connectivity index (χ0v) is 10.2. The highest BCUT2D eigenvalue weighted by atomic mass is 19.1. The van der Waals surface area contributed by atoms with E-state index in [9.17, 15) is 9.18 Å². The van der Waals surface area contributed by atoms with E-state index in [4.69, 9.17) is 4.74 Å². The number of benzene rings is 1. The predicted molar refractivity (Wildman–Crippen MR) is 67.7 cm³/mol. The van der Waals surface area contributed by atoms with Crippen molar-refractivity contribution in [3.8, 4) is 5.75 Å². The van der Waals surface area contributed by atoms with Gasteiger partial charge >= 0.3 is 0 Å². The number of aromatic amines is 1. The third kappa shape index (κ3) is 1.52. The summed E-state index contributed by atoms with van der Waals surface area (Å²) in [6.07, 6.45) is 2.24. The van der Waals surface area contributed by atoms with Crippen molar-refractivity contribution in [3.63, 3.8) is 0 Å². The number of aryl methyl sites for hydroxylation is 2. The molecule has 0 saturated heterocycles. The molecule has 3 nitrogen and oxygen atoms in total. The number of fused-ring (bicyclic) bond motifs is 3. The maximum Gasteiger partial charge on any atom is 0.291 e. The summed E-state index contributed by atoms with van der Waals surface area (Å²) in [5, 5.41) is 0.763. The van der Waals surface area contributed by atoms with Gasteiger partial charge in [0.1, 0.15) is 0 Å². The molecule has 0 radical (unpaired) electrons. The molecule has 0 unspecified atom stereocenters. The quantitative estimate of drug-likeness (QED) is 0.841. The first-order chi connectivity index (χ1) is 8.72. The maximum atomic E-state index is 14.2. The number of halogens is 1. The molecular weight excluding hydrogens is 233 g/mol. The van der Waals surface area contributed by atoms with E-state index in [0.29, 0.717) is 29.9 Å². The molecule has 0 aliphatic carbocycles. The molecule has 0 saturated carbocycles. The highest BCUT2D eigenvalue weighted by Crippen LogP contribution is 2.29. The molecular formula is C14H14FNO2. The molecule has 1 N–H and O–H groups in total. The van der Waals surface area contributed by atoms with Gasteiger partial charge in [0.2, 0.25) is 0 Å². The fourth-order valence-electron chi connectivity index (χ4n) is 2.52. The van der Waals surface area contributed by atoms with E-state index in [1.54, 1.807) is 6.07 Å². The molecule has 1 aliphatic rings. The molecule has 4 heteroatoms. The largest absolute Gasteiger partial charge is 0.488 e. The standard InChI is InChI=1S/C14H14FNO2/c1-2-8-5-6-9-10-4-3-7-18-13(10)14(17)16-12(9)11(8)15/h5-6H,2-4,7H2,1H3,(H,16,17). The highest BCUT2D eigenvalue weighted by molar-refractivity contribution is 5.85. The molecule has 18 heavy (non-hydrogen) atoms. The van der Waals surface area contributed by atoms with E-state index >= 15 is 0 Å². The van der Waals surface area contributed by atoms with E-state index in [2.05, 4.69) is 4.98 Å². The Hall–Kier alpha value is -1.84. The van der Waals surface area contributed by atoms with Gasteiger partial charge in [-0.1, -0.05) is 19.1 Å². The van der Waals surface area contributed by atoms with Crippen LogP contribution in [0.3, 0.4) is 0 Å². The monoisotopic (exact) mass is 247 g/mol. The van der Waals surface area contributed by atoms with Crippen LogP contribution in [0.25, 0.3) is 10.9 Å². The van der Waals surface area contributed by atoms with Crippen LogP contribution in [-0.4, -0.2) is 11.6 Å². The SMILES string of the molecule is CCc1ccc2c3c(c(=O)[nH]c2c1F)OCCC3. The third-order valence-corrected chi connectivity index (χ3v) is 3.46. The molecule has 0 atom stereocenters. The Morgan fingerprint density at radius 3 is 3.06 bits per heavy atom. The van der Waals surface area contributed by atoms with Gasteiger partial charge in [-0.25, -0.2) is 4.39 Å². The lowest BCUT2D eigenvalue weighted by Gasteiger charge is -2.18. The van der Waals surface area contributed by atoms with Gasteiger partial charge in [0.25, 0.3) is 5.56 Å². The van der Waals surface area contributed by atoms with Crippen molar-refractivity contribution >= 4 is 10.9 Å². The van der Waals surface area contributed by atoms with Crippen molar-refractivity contribution in [2.45, 2.75) is 26.2 Å². The van der Waals surface area contributed by atoms with Gasteiger partial charge in [-0.05, 0) is 24.8 Å². The van der Waals surface area contributed by atoms with E-state index < -0.39 is 0 Å². The Morgan fingerprint density at radius 2 is 2.28 bits per heavy atom. The van der Waals surface area contributed by atoms with Crippen molar-refractivity contribution in [3.05, 3.63) is 39.4 Å². The Morgan fingerprint density at radius 1 is 1.44 bits per heavy atom. The highest BCUT2D eigenvalue weighted by Gasteiger charge is 2.19. The average Bonchev–Trinajstić information content (AvgIpc) is 2.41. The minimum Gasteiger partial charge on any atom is -0.488 e. The molecule has 94 valence electrons. The van der Waals surface area contributed by atoms with Crippen LogP contribution < -0.4 is 10.3 Å². The first-order valence-electron chi connectivity index (χ1n) is 6.21. The van der Waals surface area contributed by atoms with Crippen LogP contribution in [0.2, 0.25) is 0 Å². The summed E-state index contributed by atoms with van der Waals surface area (Å²) in [4.78, 5) is 14.5. The summed E-state index contributed by atoms with van der Waals surface area (Å²) in [6.45, 7) is 2.45. The Balaban J connectivity index is 2.40. The molecule has 1 aromatic heterocycles. The molecule has 2 aromatic rings. The lowest BCUT2D eigenvalue weighted by molar-refractivity contribution is 0.285. The number of ether oxygens (including phenoxy) is 1. The molecule has 0 amide bonds. The second kappa shape index (κ2) is 4.12.